The molecule has 9 heteroatoms. The van der Waals surface area contributed by atoms with E-state index in [-0.39, 0.29) is 12.3 Å². The van der Waals surface area contributed by atoms with Crippen LogP contribution in [-0.4, -0.2) is 53.7 Å². The highest BCUT2D eigenvalue weighted by Crippen LogP contribution is 2.28. The van der Waals surface area contributed by atoms with Crippen molar-refractivity contribution in [3.63, 3.8) is 0 Å². The van der Waals surface area contributed by atoms with Crippen molar-refractivity contribution in [1.82, 2.24) is 10.2 Å². The van der Waals surface area contributed by atoms with Crippen molar-refractivity contribution in [1.29, 1.82) is 0 Å². The van der Waals surface area contributed by atoms with Gasteiger partial charge in [-0.05, 0) is 81.6 Å². The predicted molar refractivity (Wildman–Crippen MR) is 138 cm³/mol. The number of rotatable bonds is 10. The number of nitrogens with one attached hydrogen (secondary N) is 2. The lowest BCUT2D eigenvalue weighted by molar-refractivity contribution is -0.138. The molecule has 2 aromatic rings. The largest absolute Gasteiger partial charge is 0.508 e. The number of unbranched alkanes of at least 4 members (excludes halogenated alkanes) is 1. The Bertz CT molecular complexity index is 1050. The Balaban J connectivity index is 2.37. The fourth-order valence-corrected chi connectivity index (χ4v) is 3.50. The Labute approximate surface area is 212 Å². The van der Waals surface area contributed by atoms with Gasteiger partial charge in [0.15, 0.2) is 0 Å². The van der Waals surface area contributed by atoms with Crippen molar-refractivity contribution in [2.24, 2.45) is 0 Å². The summed E-state index contributed by atoms with van der Waals surface area (Å²) >= 11 is 0. The predicted octanol–water partition coefficient (Wildman–Crippen LogP) is 4.54. The third kappa shape index (κ3) is 8.48. The normalized spacial score (nSPS) is 11.8. The van der Waals surface area contributed by atoms with Gasteiger partial charge < -0.3 is 30.1 Å². The summed E-state index contributed by atoms with van der Waals surface area (Å²) in [6.45, 7) is 8.87. The molecule has 0 fully saturated rings. The van der Waals surface area contributed by atoms with Crippen molar-refractivity contribution in [3.8, 4) is 11.5 Å². The number of amides is 3. The van der Waals surface area contributed by atoms with E-state index in [1.165, 1.54) is 11.0 Å². The molecule has 1 atom stereocenters. The highest BCUT2D eigenvalue weighted by atomic mass is 16.6. The van der Waals surface area contributed by atoms with Gasteiger partial charge in [0.25, 0.3) is 5.91 Å². The van der Waals surface area contributed by atoms with Crippen LogP contribution in [0.5, 0.6) is 11.5 Å². The minimum atomic E-state index is -0.995. The van der Waals surface area contributed by atoms with Crippen LogP contribution in [0.4, 0.5) is 10.5 Å². The second-order valence-corrected chi connectivity index (χ2v) is 9.46. The van der Waals surface area contributed by atoms with E-state index in [0.29, 0.717) is 35.5 Å². The molecule has 3 amide bonds. The Hall–Kier alpha value is -3.75. The summed E-state index contributed by atoms with van der Waals surface area (Å²) in [6, 6.07) is 10.7. The van der Waals surface area contributed by atoms with Crippen LogP contribution in [0.25, 0.3) is 0 Å². The van der Waals surface area contributed by atoms with E-state index in [0.717, 1.165) is 6.42 Å². The van der Waals surface area contributed by atoms with Crippen molar-refractivity contribution in [2.45, 2.75) is 59.1 Å². The SMILES string of the molecule is CCCCN(C(=O)CNC(=O)OC(C)(C)C)C(C(=O)Nc1ccc(OC)cc1)c1ccc(O)c(C)c1. The molecular formula is C27H37N3O6. The van der Waals surface area contributed by atoms with Crippen LogP contribution in [0, 0.1) is 6.92 Å². The molecule has 2 aromatic carbocycles. The van der Waals surface area contributed by atoms with E-state index in [1.54, 1.807) is 71.2 Å². The number of benzene rings is 2. The number of phenols is 1. The molecular weight excluding hydrogens is 462 g/mol. The summed E-state index contributed by atoms with van der Waals surface area (Å²) < 4.78 is 10.4. The number of phenolic OH excluding ortho intramolecular Hbond substituents is 1. The van der Waals surface area contributed by atoms with Gasteiger partial charge in [-0.25, -0.2) is 4.79 Å². The third-order valence-corrected chi connectivity index (χ3v) is 5.31. The Morgan fingerprint density at radius 2 is 1.75 bits per heavy atom. The van der Waals surface area contributed by atoms with Crippen LogP contribution in [0.2, 0.25) is 0 Å². The summed E-state index contributed by atoms with van der Waals surface area (Å²) in [5.74, 6) is -0.125. The van der Waals surface area contributed by atoms with E-state index >= 15 is 0 Å². The van der Waals surface area contributed by atoms with Crippen molar-refractivity contribution in [3.05, 3.63) is 53.6 Å². The molecule has 3 N–H and O–H groups in total. The highest BCUT2D eigenvalue weighted by molar-refractivity contribution is 5.98. The molecule has 0 aliphatic heterocycles. The number of methoxy groups -OCH3 is 1. The highest BCUT2D eigenvalue weighted by Gasteiger charge is 2.32. The summed E-state index contributed by atoms with van der Waals surface area (Å²) in [4.78, 5) is 40.5. The number of aryl methyl sites for hydroxylation is 1. The minimum absolute atomic E-state index is 0.0890. The lowest BCUT2D eigenvalue weighted by atomic mass is 10.0. The molecule has 9 nitrogen and oxygen atoms in total. The van der Waals surface area contributed by atoms with E-state index < -0.39 is 29.6 Å². The quantitative estimate of drug-likeness (QED) is 0.442. The number of carbonyl (C=O) groups is 3. The first kappa shape index (κ1) is 28.5. The first-order valence-electron chi connectivity index (χ1n) is 12.0. The van der Waals surface area contributed by atoms with Crippen molar-refractivity contribution in [2.75, 3.05) is 25.5 Å². The minimum Gasteiger partial charge on any atom is -0.508 e. The zero-order valence-electron chi connectivity index (χ0n) is 21.9. The molecule has 2 rings (SSSR count). The van der Waals surface area contributed by atoms with Gasteiger partial charge in [-0.3, -0.25) is 9.59 Å². The Morgan fingerprint density at radius 1 is 1.08 bits per heavy atom. The molecule has 0 bridgehead atoms. The number of anilines is 1. The maximum Gasteiger partial charge on any atom is 0.408 e. The van der Waals surface area contributed by atoms with Gasteiger partial charge in [-0.2, -0.15) is 0 Å². The molecule has 0 heterocycles. The van der Waals surface area contributed by atoms with Gasteiger partial charge in [0.05, 0.1) is 7.11 Å². The maximum absolute atomic E-state index is 13.6. The second kappa shape index (κ2) is 12.8. The van der Waals surface area contributed by atoms with Crippen LogP contribution >= 0.6 is 0 Å². The van der Waals surface area contributed by atoms with E-state index in [9.17, 15) is 19.5 Å². The van der Waals surface area contributed by atoms with Crippen molar-refractivity contribution < 1.29 is 29.0 Å². The first-order chi connectivity index (χ1) is 16.9. The van der Waals surface area contributed by atoms with Gasteiger partial charge in [0.2, 0.25) is 5.91 Å². The number of hydrogen-bond acceptors (Lipinski definition) is 6. The fraction of sp³-hybridized carbons (Fsp3) is 0.444. The van der Waals surface area contributed by atoms with E-state index in [4.69, 9.17) is 9.47 Å². The first-order valence-corrected chi connectivity index (χ1v) is 12.0. The molecule has 196 valence electrons. The molecule has 0 aliphatic carbocycles. The van der Waals surface area contributed by atoms with Gasteiger partial charge in [-0.1, -0.05) is 19.4 Å². The molecule has 0 aliphatic rings. The third-order valence-electron chi connectivity index (χ3n) is 5.31. The molecule has 0 saturated heterocycles. The number of alkyl carbamates (subject to hydrolysis) is 1. The van der Waals surface area contributed by atoms with Crippen LogP contribution in [0.3, 0.4) is 0 Å². The van der Waals surface area contributed by atoms with Crippen LogP contribution in [0.15, 0.2) is 42.5 Å². The molecule has 0 radical (unpaired) electrons. The summed E-state index contributed by atoms with van der Waals surface area (Å²) in [5, 5.41) is 15.4. The van der Waals surface area contributed by atoms with Gasteiger partial charge in [0, 0.05) is 12.2 Å². The summed E-state index contributed by atoms with van der Waals surface area (Å²) in [7, 11) is 1.55. The summed E-state index contributed by atoms with van der Waals surface area (Å²) in [5.41, 5.74) is 0.943. The summed E-state index contributed by atoms with van der Waals surface area (Å²) in [6.07, 6.45) is 0.734. The number of hydrogen-bond donors (Lipinski definition) is 3. The zero-order valence-corrected chi connectivity index (χ0v) is 21.9. The lowest BCUT2D eigenvalue weighted by Gasteiger charge is -2.32. The van der Waals surface area contributed by atoms with Crippen LogP contribution in [0.1, 0.15) is 57.7 Å². The Kier molecular flexibility index (Phi) is 10.1. The number of ether oxygens (including phenoxy) is 2. The lowest BCUT2D eigenvalue weighted by Crippen LogP contribution is -2.47. The molecule has 0 saturated carbocycles. The van der Waals surface area contributed by atoms with Gasteiger partial charge >= 0.3 is 6.09 Å². The van der Waals surface area contributed by atoms with Crippen LogP contribution in [-0.2, 0) is 14.3 Å². The molecule has 36 heavy (non-hydrogen) atoms. The smallest absolute Gasteiger partial charge is 0.408 e. The van der Waals surface area contributed by atoms with Gasteiger partial charge in [0.1, 0.15) is 29.7 Å². The molecule has 0 spiro atoms. The van der Waals surface area contributed by atoms with Crippen molar-refractivity contribution >= 4 is 23.6 Å². The zero-order chi connectivity index (χ0) is 26.9. The average Bonchev–Trinajstić information content (AvgIpc) is 2.81. The standard InChI is InChI=1S/C27H37N3O6/c1-7-8-15-30(23(32)17-28-26(34)36-27(3,4)5)24(19-9-14-22(31)18(2)16-19)25(33)29-20-10-12-21(35-6)13-11-20/h9-14,16,24,31H,7-8,15,17H2,1-6H3,(H,28,34)(H,29,33). The second-order valence-electron chi connectivity index (χ2n) is 9.46. The number of nitrogens with zero attached hydrogens (tertiary/aromatic N) is 1. The number of carbonyl (C=O) groups excluding carboxylic acids is 3. The van der Waals surface area contributed by atoms with Gasteiger partial charge in [-0.15, -0.1) is 0 Å². The average molecular weight is 500 g/mol. The fourth-order valence-electron chi connectivity index (χ4n) is 3.50. The molecule has 1 unspecified atom stereocenters. The molecule has 0 aromatic heterocycles. The number of aromatic hydroxyl groups is 1. The van der Waals surface area contributed by atoms with E-state index in [1.807, 2.05) is 6.92 Å². The van der Waals surface area contributed by atoms with Crippen LogP contribution < -0.4 is 15.4 Å². The Morgan fingerprint density at radius 3 is 2.31 bits per heavy atom. The van der Waals surface area contributed by atoms with E-state index in [2.05, 4.69) is 10.6 Å². The maximum atomic E-state index is 13.6. The topological polar surface area (TPSA) is 117 Å². The monoisotopic (exact) mass is 499 g/mol.